The van der Waals surface area contributed by atoms with Crippen LogP contribution in [-0.2, 0) is 22.7 Å². The fraction of sp³-hybridized carbons (Fsp3) is 0.143. The van der Waals surface area contributed by atoms with Gasteiger partial charge >= 0.3 is 0 Å². The van der Waals surface area contributed by atoms with Crippen molar-refractivity contribution in [2.24, 2.45) is 11.5 Å². The molecular formula is C28H32Cl2N10O2. The van der Waals surface area contributed by atoms with Gasteiger partial charge in [0.2, 0.25) is 11.8 Å². The van der Waals surface area contributed by atoms with Crippen LogP contribution in [0.1, 0.15) is 24.0 Å². The van der Waals surface area contributed by atoms with Crippen LogP contribution in [0.15, 0.2) is 98.1 Å². The number of nitrogen functional groups attached to an aromatic ring is 2. The number of anilines is 2. The van der Waals surface area contributed by atoms with Crippen molar-refractivity contribution in [3.8, 4) is 12.1 Å². The molecule has 0 aliphatic heterocycles. The number of pyridine rings is 4. The van der Waals surface area contributed by atoms with Gasteiger partial charge in [0.05, 0.1) is 36.1 Å². The van der Waals surface area contributed by atoms with Crippen molar-refractivity contribution in [2.75, 3.05) is 11.5 Å². The van der Waals surface area contributed by atoms with Crippen LogP contribution in [0.5, 0.6) is 0 Å². The van der Waals surface area contributed by atoms with Crippen molar-refractivity contribution in [3.63, 3.8) is 0 Å². The first-order valence-electron chi connectivity index (χ1n) is 11.9. The number of carbonyl (C=O) groups is 2. The summed E-state index contributed by atoms with van der Waals surface area (Å²) in [5.41, 5.74) is 23.5. The topological polar surface area (TPSA) is 219 Å². The number of primary amides is 2. The number of nitrogens with two attached hydrogens (primary N) is 4. The molecule has 0 atom stereocenters. The molecule has 0 aromatic carbocycles. The Morgan fingerprint density at radius 1 is 0.619 bits per heavy atom. The standard InChI is InChI=1S/C9H9N3O.C8H11N3O.C6H4N2.C5H6N2.2ClH/c10-7-8-1-4-12(5-2-8)6-3-9(11)13;9-7-1-4-11(5-2-7)6-3-8(10)12;7-5-6-1-3-8-4-2-6;6-5-1-3-7-4-2-5;;/h1-2,4-5H,3,6H2,(H-,11,13);1-2,4-5,9H,3,6H2,(H2,10,12);1-4H;1-4H,(H2,6,7);2*1H. The minimum atomic E-state index is -0.322. The highest BCUT2D eigenvalue weighted by molar-refractivity contribution is 5.73. The number of nitrogens with zero attached hydrogens (tertiary/aromatic N) is 6. The molecule has 4 aromatic rings. The Bertz CT molecular complexity index is 1380. The Kier molecular flexibility index (Phi) is 21.8. The molecule has 0 saturated heterocycles. The van der Waals surface area contributed by atoms with E-state index in [4.69, 9.17) is 33.5 Å². The second-order valence-corrected chi connectivity index (χ2v) is 7.87. The monoisotopic (exact) mass is 610 g/mol. The molecule has 4 aromatic heterocycles. The molecule has 220 valence electrons. The molecule has 0 aliphatic carbocycles. The molecule has 0 saturated carbocycles. The maximum Gasteiger partial charge on any atom is 0.223 e. The van der Waals surface area contributed by atoms with Gasteiger partial charge < -0.3 is 47.7 Å². The van der Waals surface area contributed by atoms with Crippen molar-refractivity contribution in [1.29, 1.82) is 10.5 Å². The van der Waals surface area contributed by atoms with E-state index in [9.17, 15) is 9.59 Å². The van der Waals surface area contributed by atoms with Gasteiger partial charge in [0, 0.05) is 60.4 Å². The zero-order chi connectivity index (χ0) is 29.6. The smallest absolute Gasteiger partial charge is 0.223 e. The van der Waals surface area contributed by atoms with Gasteiger partial charge in [-0.05, 0) is 24.3 Å². The van der Waals surface area contributed by atoms with Crippen LogP contribution >= 0.6 is 0 Å². The third-order valence-electron chi connectivity index (χ3n) is 4.69. The zero-order valence-corrected chi connectivity index (χ0v) is 24.1. The van der Waals surface area contributed by atoms with Crippen LogP contribution < -0.4 is 56.9 Å². The second-order valence-electron chi connectivity index (χ2n) is 7.87. The number of amides is 2. The fourth-order valence-corrected chi connectivity index (χ4v) is 2.57. The summed E-state index contributed by atoms with van der Waals surface area (Å²) >= 11 is 0. The molecule has 42 heavy (non-hydrogen) atoms. The minimum Gasteiger partial charge on any atom is -1.00 e. The van der Waals surface area contributed by atoms with E-state index in [1.807, 2.05) is 33.7 Å². The summed E-state index contributed by atoms with van der Waals surface area (Å²) in [4.78, 5) is 28.4. The van der Waals surface area contributed by atoms with Crippen molar-refractivity contribution in [3.05, 3.63) is 109 Å². The Labute approximate surface area is 257 Å². The van der Waals surface area contributed by atoms with Crippen molar-refractivity contribution < 1.29 is 43.5 Å². The Morgan fingerprint density at radius 3 is 1.26 bits per heavy atom. The summed E-state index contributed by atoms with van der Waals surface area (Å²) in [6, 6.07) is 17.8. The number of aryl methyl sites for hydroxylation is 2. The van der Waals surface area contributed by atoms with Gasteiger partial charge in [0.25, 0.3) is 0 Å². The summed E-state index contributed by atoms with van der Waals surface area (Å²) in [6.07, 6.45) is 14.3. The Balaban J connectivity index is 0. The Hall–Kier alpha value is -5.30. The Morgan fingerprint density at radius 2 is 0.952 bits per heavy atom. The van der Waals surface area contributed by atoms with Crippen LogP contribution in [0, 0.1) is 22.7 Å². The van der Waals surface area contributed by atoms with Crippen LogP contribution in [0.2, 0.25) is 0 Å². The van der Waals surface area contributed by atoms with E-state index in [1.165, 1.54) is 0 Å². The molecule has 2 amide bonds. The van der Waals surface area contributed by atoms with E-state index >= 15 is 0 Å². The van der Waals surface area contributed by atoms with Gasteiger partial charge in [0.15, 0.2) is 37.9 Å². The van der Waals surface area contributed by atoms with Gasteiger partial charge in [-0.2, -0.15) is 10.5 Å². The van der Waals surface area contributed by atoms with Crippen LogP contribution in [0.25, 0.3) is 0 Å². The van der Waals surface area contributed by atoms with Crippen molar-refractivity contribution >= 4 is 23.2 Å². The third-order valence-corrected chi connectivity index (χ3v) is 4.69. The number of hydrogen-bond acceptors (Lipinski definition) is 8. The summed E-state index contributed by atoms with van der Waals surface area (Å²) in [7, 11) is 0. The third kappa shape index (κ3) is 19.7. The van der Waals surface area contributed by atoms with E-state index in [2.05, 4.69) is 9.97 Å². The van der Waals surface area contributed by atoms with E-state index in [-0.39, 0.29) is 36.6 Å². The summed E-state index contributed by atoms with van der Waals surface area (Å²) in [6.45, 7) is 1.16. The van der Waals surface area contributed by atoms with Crippen LogP contribution in [0.3, 0.4) is 0 Å². The number of nitriles is 2. The van der Waals surface area contributed by atoms with Gasteiger partial charge in [-0.1, -0.05) is 0 Å². The SMILES string of the molecule is N#Cc1cc[n+](CCC(N)=O)cc1.N#Cc1ccncc1.NC(=O)CC[n+]1ccc(N)cc1.Nc1ccncc1.[Cl-].[Cl-]. The van der Waals surface area contributed by atoms with Gasteiger partial charge in [0.1, 0.15) is 0 Å². The lowest BCUT2D eigenvalue weighted by Gasteiger charge is -1.94. The molecular weight excluding hydrogens is 579 g/mol. The molecule has 0 bridgehead atoms. The summed E-state index contributed by atoms with van der Waals surface area (Å²) in [5, 5.41) is 16.8. The van der Waals surface area contributed by atoms with E-state index < -0.39 is 0 Å². The lowest BCUT2D eigenvalue weighted by atomic mass is 10.3. The first-order chi connectivity index (χ1) is 19.2. The van der Waals surface area contributed by atoms with Crippen molar-refractivity contribution in [1.82, 2.24) is 9.97 Å². The molecule has 12 nitrogen and oxygen atoms in total. The highest BCUT2D eigenvalue weighted by Gasteiger charge is 2.03. The molecule has 0 aliphatic rings. The maximum absolute atomic E-state index is 10.5. The summed E-state index contributed by atoms with van der Waals surface area (Å²) in [5.74, 6) is -0.615. The first kappa shape index (κ1) is 38.8. The molecule has 0 fully saturated rings. The number of aromatic nitrogens is 4. The highest BCUT2D eigenvalue weighted by atomic mass is 35.5. The summed E-state index contributed by atoms with van der Waals surface area (Å²) < 4.78 is 3.67. The number of hydrogen-bond donors (Lipinski definition) is 4. The zero-order valence-electron chi connectivity index (χ0n) is 22.6. The average Bonchev–Trinajstić information content (AvgIpc) is 2.98. The van der Waals surface area contributed by atoms with Crippen LogP contribution in [-0.4, -0.2) is 21.8 Å². The molecule has 0 radical (unpaired) electrons. The second kappa shape index (κ2) is 23.6. The van der Waals surface area contributed by atoms with Gasteiger partial charge in [-0.25, -0.2) is 9.13 Å². The largest absolute Gasteiger partial charge is 1.00 e. The quantitative estimate of drug-likeness (QED) is 0.154. The van der Waals surface area contributed by atoms with E-state index in [1.54, 1.807) is 85.7 Å². The van der Waals surface area contributed by atoms with Gasteiger partial charge in [-0.3, -0.25) is 19.6 Å². The lowest BCUT2D eigenvalue weighted by molar-refractivity contribution is -0.695. The molecule has 4 rings (SSSR count). The predicted molar refractivity (Wildman–Crippen MR) is 148 cm³/mol. The maximum atomic E-state index is 10.5. The van der Waals surface area contributed by atoms with E-state index in [0.29, 0.717) is 42.7 Å². The average molecular weight is 612 g/mol. The van der Waals surface area contributed by atoms with Crippen LogP contribution in [0.4, 0.5) is 11.4 Å². The molecule has 0 spiro atoms. The molecule has 0 unspecified atom stereocenters. The van der Waals surface area contributed by atoms with Crippen molar-refractivity contribution in [2.45, 2.75) is 25.9 Å². The first-order valence-corrected chi connectivity index (χ1v) is 11.9. The fourth-order valence-electron chi connectivity index (χ4n) is 2.57. The number of rotatable bonds is 6. The number of carbonyl (C=O) groups excluding carboxylic acids is 2. The highest BCUT2D eigenvalue weighted by Crippen LogP contribution is 1.94. The normalized spacial score (nSPS) is 8.52. The number of halogens is 2. The molecule has 14 heteroatoms. The van der Waals surface area contributed by atoms with E-state index in [0.717, 1.165) is 5.69 Å². The minimum absolute atomic E-state index is 0. The predicted octanol–water partition coefficient (Wildman–Crippen LogP) is -5.22. The van der Waals surface area contributed by atoms with Gasteiger partial charge in [-0.15, -0.1) is 0 Å². The molecule has 4 heterocycles. The lowest BCUT2D eigenvalue weighted by Crippen LogP contribution is -3.00. The molecule has 8 N–H and O–H groups in total.